The second-order valence-electron chi connectivity index (χ2n) is 3.50. The van der Waals surface area contributed by atoms with Crippen molar-refractivity contribution < 1.29 is 9.90 Å². The molecule has 3 heteroatoms. The first kappa shape index (κ1) is 10.7. The van der Waals surface area contributed by atoms with E-state index in [1.807, 2.05) is 26.0 Å². The minimum atomic E-state index is 0.00879. The van der Waals surface area contributed by atoms with E-state index in [0.717, 1.165) is 16.7 Å². The lowest BCUT2D eigenvalue weighted by Crippen LogP contribution is -2.15. The van der Waals surface area contributed by atoms with Crippen molar-refractivity contribution >= 4 is 5.78 Å². The summed E-state index contributed by atoms with van der Waals surface area (Å²) >= 11 is 0. The van der Waals surface area contributed by atoms with Crippen LogP contribution in [0.5, 0.6) is 5.75 Å². The quantitative estimate of drug-likeness (QED) is 0.755. The lowest BCUT2D eigenvalue weighted by Gasteiger charge is -2.06. The highest BCUT2D eigenvalue weighted by molar-refractivity contribution is 5.82. The number of Topliss-reactive ketones (excluding diaryl/α,β-unsaturated/α-hetero) is 1. The molecule has 0 aliphatic heterocycles. The number of hydrogen-bond acceptors (Lipinski definition) is 3. The minimum absolute atomic E-state index is 0.00879. The molecule has 1 aromatic carbocycles. The van der Waals surface area contributed by atoms with Crippen LogP contribution in [0.4, 0.5) is 0 Å². The van der Waals surface area contributed by atoms with Crippen LogP contribution in [0.25, 0.3) is 0 Å². The SMILES string of the molecule is Cc1cc(CC(=O)CN)cc(C)c1O. The average Bonchev–Trinajstić information content (AvgIpc) is 2.14. The van der Waals surface area contributed by atoms with E-state index in [4.69, 9.17) is 5.73 Å². The Bertz CT molecular complexity index is 335. The number of phenolic OH excluding ortho intramolecular Hbond substituents is 1. The number of aromatic hydroxyl groups is 1. The van der Waals surface area contributed by atoms with Gasteiger partial charge in [0.2, 0.25) is 0 Å². The van der Waals surface area contributed by atoms with Gasteiger partial charge in [-0.25, -0.2) is 0 Å². The Morgan fingerprint density at radius 3 is 2.29 bits per heavy atom. The monoisotopic (exact) mass is 193 g/mol. The third-order valence-electron chi connectivity index (χ3n) is 2.18. The molecule has 0 amide bonds. The van der Waals surface area contributed by atoms with Gasteiger partial charge in [0.05, 0.1) is 6.54 Å². The fraction of sp³-hybridized carbons (Fsp3) is 0.364. The Kier molecular flexibility index (Phi) is 3.25. The third kappa shape index (κ3) is 2.33. The van der Waals surface area contributed by atoms with Crippen LogP contribution in [0.15, 0.2) is 12.1 Å². The lowest BCUT2D eigenvalue weighted by atomic mass is 10.0. The number of benzene rings is 1. The molecule has 0 aliphatic rings. The van der Waals surface area contributed by atoms with Gasteiger partial charge in [0.15, 0.2) is 5.78 Å². The highest BCUT2D eigenvalue weighted by atomic mass is 16.3. The van der Waals surface area contributed by atoms with Crippen molar-refractivity contribution in [3.8, 4) is 5.75 Å². The van der Waals surface area contributed by atoms with Crippen molar-refractivity contribution in [2.45, 2.75) is 20.3 Å². The van der Waals surface area contributed by atoms with E-state index < -0.39 is 0 Å². The molecule has 3 nitrogen and oxygen atoms in total. The van der Waals surface area contributed by atoms with E-state index in [-0.39, 0.29) is 12.3 Å². The number of phenols is 1. The molecule has 1 rings (SSSR count). The van der Waals surface area contributed by atoms with E-state index in [2.05, 4.69) is 0 Å². The molecule has 0 saturated heterocycles. The summed E-state index contributed by atoms with van der Waals surface area (Å²) in [7, 11) is 0. The number of ketones is 1. The van der Waals surface area contributed by atoms with Crippen LogP contribution in [0.1, 0.15) is 16.7 Å². The van der Waals surface area contributed by atoms with Gasteiger partial charge in [-0.15, -0.1) is 0 Å². The summed E-state index contributed by atoms with van der Waals surface area (Å²) in [5.41, 5.74) is 7.73. The van der Waals surface area contributed by atoms with E-state index in [0.29, 0.717) is 12.2 Å². The van der Waals surface area contributed by atoms with Crippen LogP contribution >= 0.6 is 0 Å². The molecule has 0 atom stereocenters. The van der Waals surface area contributed by atoms with Gasteiger partial charge in [-0.05, 0) is 30.5 Å². The summed E-state index contributed by atoms with van der Waals surface area (Å²) in [6, 6.07) is 3.63. The van der Waals surface area contributed by atoms with Gasteiger partial charge in [-0.2, -0.15) is 0 Å². The molecule has 0 aromatic heterocycles. The first-order chi connectivity index (χ1) is 6.54. The van der Waals surface area contributed by atoms with Crippen LogP contribution < -0.4 is 5.73 Å². The maximum absolute atomic E-state index is 11.1. The largest absolute Gasteiger partial charge is 0.507 e. The number of carbonyl (C=O) groups is 1. The van der Waals surface area contributed by atoms with Gasteiger partial charge >= 0.3 is 0 Å². The summed E-state index contributed by atoms with van der Waals surface area (Å²) in [6.45, 7) is 3.70. The smallest absolute Gasteiger partial charge is 0.150 e. The molecule has 3 N–H and O–H groups in total. The predicted molar refractivity (Wildman–Crippen MR) is 55.3 cm³/mol. The normalized spacial score (nSPS) is 10.2. The summed E-state index contributed by atoms with van der Waals surface area (Å²) in [5.74, 6) is 0.309. The number of nitrogens with two attached hydrogens (primary N) is 1. The molecule has 0 unspecified atom stereocenters. The molecule has 0 fully saturated rings. The van der Waals surface area contributed by atoms with Crippen LogP contribution in [0, 0.1) is 13.8 Å². The fourth-order valence-corrected chi connectivity index (χ4v) is 1.45. The van der Waals surface area contributed by atoms with Gasteiger partial charge in [0.25, 0.3) is 0 Å². The Hall–Kier alpha value is -1.35. The molecule has 1 aromatic rings. The second-order valence-corrected chi connectivity index (χ2v) is 3.50. The van der Waals surface area contributed by atoms with E-state index >= 15 is 0 Å². The average molecular weight is 193 g/mol. The second kappa shape index (κ2) is 4.24. The molecular formula is C11H15NO2. The van der Waals surface area contributed by atoms with Crippen LogP contribution in [0.3, 0.4) is 0 Å². The molecule has 14 heavy (non-hydrogen) atoms. The van der Waals surface area contributed by atoms with E-state index in [1.54, 1.807) is 0 Å². The van der Waals surface area contributed by atoms with Crippen molar-refractivity contribution in [1.29, 1.82) is 0 Å². The molecule has 0 radical (unpaired) electrons. The number of carbonyl (C=O) groups excluding carboxylic acids is 1. The molecule has 0 bridgehead atoms. The zero-order chi connectivity index (χ0) is 10.7. The minimum Gasteiger partial charge on any atom is -0.507 e. The van der Waals surface area contributed by atoms with Crippen molar-refractivity contribution in [2.24, 2.45) is 5.73 Å². The fourth-order valence-electron chi connectivity index (χ4n) is 1.45. The third-order valence-corrected chi connectivity index (χ3v) is 2.18. The van der Waals surface area contributed by atoms with Crippen molar-refractivity contribution in [2.75, 3.05) is 6.54 Å². The molecule has 0 heterocycles. The van der Waals surface area contributed by atoms with Crippen LogP contribution in [0.2, 0.25) is 0 Å². The van der Waals surface area contributed by atoms with Gasteiger partial charge in [0.1, 0.15) is 5.75 Å². The molecule has 76 valence electrons. The van der Waals surface area contributed by atoms with Gasteiger partial charge in [0, 0.05) is 6.42 Å². The van der Waals surface area contributed by atoms with Gasteiger partial charge in [-0.3, -0.25) is 4.79 Å². The standard InChI is InChI=1S/C11H15NO2/c1-7-3-9(5-10(13)6-12)4-8(2)11(7)14/h3-4,14H,5-6,12H2,1-2H3. The van der Waals surface area contributed by atoms with E-state index in [1.165, 1.54) is 0 Å². The molecular weight excluding hydrogens is 178 g/mol. The van der Waals surface area contributed by atoms with Crippen molar-refractivity contribution in [3.05, 3.63) is 28.8 Å². The number of rotatable bonds is 3. The van der Waals surface area contributed by atoms with Crippen molar-refractivity contribution in [1.82, 2.24) is 0 Å². The van der Waals surface area contributed by atoms with Gasteiger partial charge in [-0.1, -0.05) is 12.1 Å². The Morgan fingerprint density at radius 2 is 1.86 bits per heavy atom. The highest BCUT2D eigenvalue weighted by Crippen LogP contribution is 2.23. The van der Waals surface area contributed by atoms with Crippen molar-refractivity contribution in [3.63, 3.8) is 0 Å². The summed E-state index contributed by atoms with van der Waals surface area (Å²) < 4.78 is 0. The number of hydrogen-bond donors (Lipinski definition) is 2. The molecule has 0 saturated carbocycles. The first-order valence-corrected chi connectivity index (χ1v) is 4.55. The maximum Gasteiger partial charge on any atom is 0.150 e. The highest BCUT2D eigenvalue weighted by Gasteiger charge is 2.06. The predicted octanol–water partition coefficient (Wildman–Crippen LogP) is 1.08. The topological polar surface area (TPSA) is 63.3 Å². The number of aryl methyl sites for hydroxylation is 2. The maximum atomic E-state index is 11.1. The Balaban J connectivity index is 2.95. The van der Waals surface area contributed by atoms with E-state index in [9.17, 15) is 9.90 Å². The van der Waals surface area contributed by atoms with Gasteiger partial charge < -0.3 is 10.8 Å². The van der Waals surface area contributed by atoms with Crippen LogP contribution in [-0.2, 0) is 11.2 Å². The van der Waals surface area contributed by atoms with Crippen LogP contribution in [-0.4, -0.2) is 17.4 Å². The molecule has 0 aliphatic carbocycles. The summed E-state index contributed by atoms with van der Waals surface area (Å²) in [4.78, 5) is 11.1. The lowest BCUT2D eigenvalue weighted by molar-refractivity contribution is -0.117. The summed E-state index contributed by atoms with van der Waals surface area (Å²) in [5, 5.41) is 9.51. The summed E-state index contributed by atoms with van der Waals surface area (Å²) in [6.07, 6.45) is 0.346. The zero-order valence-electron chi connectivity index (χ0n) is 8.50. The Morgan fingerprint density at radius 1 is 1.36 bits per heavy atom. The molecule has 0 spiro atoms. The zero-order valence-corrected chi connectivity index (χ0v) is 8.50. The Labute approximate surface area is 83.6 Å². The first-order valence-electron chi connectivity index (χ1n) is 4.55.